The van der Waals surface area contributed by atoms with Crippen LogP contribution in [0, 0.1) is 21.4 Å². The molecule has 0 saturated carbocycles. The van der Waals surface area contributed by atoms with Crippen LogP contribution in [0.4, 0.5) is 5.69 Å². The summed E-state index contributed by atoms with van der Waals surface area (Å²) in [5, 5.41) is 19.7. The number of pyridine rings is 1. The number of nitrogens with zero attached hydrogens (tertiary/aromatic N) is 3. The van der Waals surface area contributed by atoms with Gasteiger partial charge in [-0.25, -0.2) is 0 Å². The van der Waals surface area contributed by atoms with Crippen molar-refractivity contribution in [1.82, 2.24) is 4.57 Å². The second-order valence-electron chi connectivity index (χ2n) is 4.04. The van der Waals surface area contributed by atoms with Gasteiger partial charge < -0.3 is 4.57 Å². The van der Waals surface area contributed by atoms with Crippen LogP contribution in [0.2, 0.25) is 0 Å². The number of rotatable bonds is 3. The van der Waals surface area contributed by atoms with Crippen molar-refractivity contribution in [2.45, 2.75) is 6.54 Å². The number of nitriles is 1. The number of hydrogen-bond donors (Lipinski definition) is 0. The van der Waals surface area contributed by atoms with Crippen LogP contribution in [0.5, 0.6) is 0 Å². The van der Waals surface area contributed by atoms with Crippen molar-refractivity contribution in [3.8, 4) is 6.07 Å². The maximum Gasteiger partial charge on any atom is 0.287 e. The minimum absolute atomic E-state index is 0.161. The monoisotopic (exact) mass is 333 g/mol. The quantitative estimate of drug-likeness (QED) is 0.637. The Morgan fingerprint density at radius 3 is 2.75 bits per heavy atom. The molecule has 0 saturated heterocycles. The molecule has 0 spiro atoms. The lowest BCUT2D eigenvalue weighted by molar-refractivity contribution is -0.385. The summed E-state index contributed by atoms with van der Waals surface area (Å²) in [4.78, 5) is 22.2. The Kier molecular flexibility index (Phi) is 3.96. The van der Waals surface area contributed by atoms with Gasteiger partial charge in [0.25, 0.3) is 11.2 Å². The van der Waals surface area contributed by atoms with Crippen LogP contribution in [-0.2, 0) is 6.54 Å². The maximum atomic E-state index is 12.0. The molecule has 2 aromatic rings. The summed E-state index contributed by atoms with van der Waals surface area (Å²) in [6.45, 7) is 0.161. The molecule has 0 aliphatic rings. The highest BCUT2D eigenvalue weighted by Gasteiger charge is 2.13. The van der Waals surface area contributed by atoms with Crippen LogP contribution < -0.4 is 5.56 Å². The first-order chi connectivity index (χ1) is 9.51. The highest BCUT2D eigenvalue weighted by Crippen LogP contribution is 2.14. The van der Waals surface area contributed by atoms with E-state index in [1.807, 2.05) is 6.07 Å². The fourth-order valence-corrected chi connectivity index (χ4v) is 2.20. The van der Waals surface area contributed by atoms with Crippen LogP contribution >= 0.6 is 15.9 Å². The standard InChI is InChI=1S/C13H8BrN3O3/c14-11-3-1-2-9(4-11)7-16-8-12(17(19)20)5-10(6-15)13(16)18/h1-5,8H,7H2. The Labute approximate surface area is 122 Å². The van der Waals surface area contributed by atoms with Gasteiger partial charge in [0.15, 0.2) is 0 Å². The molecule has 0 atom stereocenters. The first kappa shape index (κ1) is 14.0. The van der Waals surface area contributed by atoms with Crippen molar-refractivity contribution < 1.29 is 4.92 Å². The van der Waals surface area contributed by atoms with Crippen molar-refractivity contribution >= 4 is 21.6 Å². The fraction of sp³-hybridized carbons (Fsp3) is 0.0769. The van der Waals surface area contributed by atoms with Gasteiger partial charge in [-0.05, 0) is 17.7 Å². The van der Waals surface area contributed by atoms with Gasteiger partial charge in [0.1, 0.15) is 11.6 Å². The molecule has 1 heterocycles. The molecular formula is C13H8BrN3O3. The summed E-state index contributed by atoms with van der Waals surface area (Å²) in [7, 11) is 0. The zero-order chi connectivity index (χ0) is 14.7. The SMILES string of the molecule is N#Cc1cc([N+](=O)[O-])cn(Cc2cccc(Br)c2)c1=O. The van der Waals surface area contributed by atoms with E-state index in [-0.39, 0.29) is 17.8 Å². The van der Waals surface area contributed by atoms with Gasteiger partial charge in [-0.2, -0.15) is 5.26 Å². The first-order valence-corrected chi connectivity index (χ1v) is 6.34. The third kappa shape index (κ3) is 2.92. The smallest absolute Gasteiger partial charge is 0.287 e. The Hall–Kier alpha value is -2.46. The molecule has 0 aliphatic carbocycles. The van der Waals surface area contributed by atoms with E-state index in [1.54, 1.807) is 24.3 Å². The largest absolute Gasteiger partial charge is 0.303 e. The maximum absolute atomic E-state index is 12.0. The van der Waals surface area contributed by atoms with Gasteiger partial charge in [-0.3, -0.25) is 14.9 Å². The van der Waals surface area contributed by atoms with E-state index in [1.165, 1.54) is 4.57 Å². The second kappa shape index (κ2) is 5.67. The minimum Gasteiger partial charge on any atom is -0.303 e. The Morgan fingerprint density at radius 1 is 1.40 bits per heavy atom. The molecule has 2 rings (SSSR count). The number of halogens is 1. The molecule has 0 fully saturated rings. The zero-order valence-corrected chi connectivity index (χ0v) is 11.7. The van der Waals surface area contributed by atoms with E-state index in [0.29, 0.717) is 0 Å². The topological polar surface area (TPSA) is 88.9 Å². The summed E-state index contributed by atoms with van der Waals surface area (Å²) < 4.78 is 2.01. The average Bonchev–Trinajstić information content (AvgIpc) is 2.41. The lowest BCUT2D eigenvalue weighted by Gasteiger charge is -2.06. The van der Waals surface area contributed by atoms with E-state index in [0.717, 1.165) is 22.3 Å². The van der Waals surface area contributed by atoms with Crippen LogP contribution in [0.1, 0.15) is 11.1 Å². The Morgan fingerprint density at radius 2 is 2.15 bits per heavy atom. The summed E-state index contributed by atoms with van der Waals surface area (Å²) in [6.07, 6.45) is 1.14. The van der Waals surface area contributed by atoms with Gasteiger partial charge in [0.05, 0.1) is 17.7 Å². The Balaban J connectivity index is 2.51. The van der Waals surface area contributed by atoms with Gasteiger partial charge in [0, 0.05) is 10.5 Å². The summed E-state index contributed by atoms with van der Waals surface area (Å²) in [6, 6.07) is 9.90. The highest BCUT2D eigenvalue weighted by atomic mass is 79.9. The molecule has 0 aliphatic heterocycles. The highest BCUT2D eigenvalue weighted by molar-refractivity contribution is 9.10. The van der Waals surface area contributed by atoms with Crippen LogP contribution in [-0.4, -0.2) is 9.49 Å². The average molecular weight is 334 g/mol. The van der Waals surface area contributed by atoms with Crippen LogP contribution in [0.15, 0.2) is 45.8 Å². The summed E-state index contributed by atoms with van der Waals surface area (Å²) >= 11 is 3.31. The summed E-state index contributed by atoms with van der Waals surface area (Å²) in [5.41, 5.74) is -0.269. The molecule has 0 radical (unpaired) electrons. The lowest BCUT2D eigenvalue weighted by Crippen LogP contribution is -2.23. The Bertz CT molecular complexity index is 777. The number of benzene rings is 1. The van der Waals surface area contributed by atoms with Crippen molar-refractivity contribution in [3.05, 3.63) is 72.6 Å². The van der Waals surface area contributed by atoms with E-state index < -0.39 is 10.5 Å². The molecular weight excluding hydrogens is 326 g/mol. The van der Waals surface area contributed by atoms with Gasteiger partial charge >= 0.3 is 0 Å². The predicted octanol–water partition coefficient (Wildman–Crippen LogP) is 2.44. The zero-order valence-electron chi connectivity index (χ0n) is 10.1. The van der Waals surface area contributed by atoms with Gasteiger partial charge in [-0.1, -0.05) is 28.1 Å². The molecule has 20 heavy (non-hydrogen) atoms. The normalized spacial score (nSPS) is 10.0. The molecule has 0 amide bonds. The van der Waals surface area contributed by atoms with Gasteiger partial charge in [-0.15, -0.1) is 0 Å². The second-order valence-corrected chi connectivity index (χ2v) is 4.96. The molecule has 100 valence electrons. The molecule has 1 aromatic heterocycles. The van der Waals surface area contributed by atoms with E-state index in [4.69, 9.17) is 5.26 Å². The van der Waals surface area contributed by atoms with Crippen molar-refractivity contribution in [2.75, 3.05) is 0 Å². The van der Waals surface area contributed by atoms with E-state index in [9.17, 15) is 14.9 Å². The lowest BCUT2D eigenvalue weighted by atomic mass is 10.2. The molecule has 6 nitrogen and oxygen atoms in total. The molecule has 0 unspecified atom stereocenters. The van der Waals surface area contributed by atoms with Crippen molar-refractivity contribution in [2.24, 2.45) is 0 Å². The number of hydrogen-bond acceptors (Lipinski definition) is 4. The molecule has 7 heteroatoms. The fourth-order valence-electron chi connectivity index (χ4n) is 1.75. The van der Waals surface area contributed by atoms with E-state index >= 15 is 0 Å². The minimum atomic E-state index is -0.627. The first-order valence-electron chi connectivity index (χ1n) is 5.54. The molecule has 0 bridgehead atoms. The van der Waals surface area contributed by atoms with Crippen LogP contribution in [0.25, 0.3) is 0 Å². The molecule has 0 N–H and O–H groups in total. The van der Waals surface area contributed by atoms with E-state index in [2.05, 4.69) is 15.9 Å². The summed E-state index contributed by atoms with van der Waals surface area (Å²) in [5.74, 6) is 0. The molecule has 1 aromatic carbocycles. The number of aromatic nitrogens is 1. The van der Waals surface area contributed by atoms with Crippen molar-refractivity contribution in [3.63, 3.8) is 0 Å². The van der Waals surface area contributed by atoms with Gasteiger partial charge in [0.2, 0.25) is 0 Å². The predicted molar refractivity (Wildman–Crippen MR) is 75.3 cm³/mol. The van der Waals surface area contributed by atoms with Crippen molar-refractivity contribution in [1.29, 1.82) is 5.26 Å². The number of nitro groups is 1. The third-order valence-corrected chi connectivity index (χ3v) is 3.14. The third-order valence-electron chi connectivity index (χ3n) is 2.64. The van der Waals surface area contributed by atoms with Crippen LogP contribution in [0.3, 0.4) is 0 Å².